The van der Waals surface area contributed by atoms with Gasteiger partial charge in [-0.3, -0.25) is 19.0 Å². The number of aliphatic imine (C=N–C) groups is 1. The molecule has 10 nitrogen and oxygen atoms in total. The van der Waals surface area contributed by atoms with Gasteiger partial charge in [0.25, 0.3) is 11.5 Å². The molecule has 0 radical (unpaired) electrons. The number of carbonyl (C=O) groups excluding carboxylic acids is 1. The van der Waals surface area contributed by atoms with E-state index in [1.54, 1.807) is 12.1 Å². The van der Waals surface area contributed by atoms with E-state index < -0.39 is 5.91 Å². The molecule has 12 heteroatoms. The molecule has 34 heavy (non-hydrogen) atoms. The van der Waals surface area contributed by atoms with Crippen molar-refractivity contribution < 1.29 is 9.53 Å². The molecule has 1 amide bonds. The number of amidine groups is 1. The Morgan fingerprint density at radius 1 is 1.38 bits per heavy atom. The highest BCUT2D eigenvalue weighted by Gasteiger charge is 2.18. The summed E-state index contributed by atoms with van der Waals surface area (Å²) in [6, 6.07) is 5.33. The average molecular weight is 502 g/mol. The van der Waals surface area contributed by atoms with Crippen LogP contribution in [0.3, 0.4) is 0 Å². The van der Waals surface area contributed by atoms with Gasteiger partial charge in [0.1, 0.15) is 16.4 Å². The van der Waals surface area contributed by atoms with Crippen molar-refractivity contribution >= 4 is 51.3 Å². The number of aromatic amines is 1. The number of rotatable bonds is 8. The van der Waals surface area contributed by atoms with E-state index in [0.29, 0.717) is 27.9 Å². The summed E-state index contributed by atoms with van der Waals surface area (Å²) >= 11 is 7.25. The summed E-state index contributed by atoms with van der Waals surface area (Å²) in [6.45, 7) is 3.10. The van der Waals surface area contributed by atoms with E-state index in [1.165, 1.54) is 12.4 Å². The largest absolute Gasteiger partial charge is 0.383 e. The van der Waals surface area contributed by atoms with Crippen LogP contribution in [0.25, 0.3) is 0 Å². The number of aromatic nitrogens is 3. The number of aryl methyl sites for hydroxylation is 1. The Labute approximate surface area is 204 Å². The van der Waals surface area contributed by atoms with E-state index >= 15 is 0 Å². The molecule has 0 aliphatic carbocycles. The standard InChI is InChI=1S/C22H24ClN7O3S/c1-12-4-2-6-15(23)17(12)29-21(32)19-26-10-13(11-27-19)28-22-16(20(31)30-34-22)18(24)25-8-7-14-5-3-9-33-14/h2,4,6,10-11,14,28H,3,5,7-9H2,1H3,(H2,24,25)(H,29,32)(H,30,31). The summed E-state index contributed by atoms with van der Waals surface area (Å²) in [5.41, 5.74) is 7.84. The highest BCUT2D eigenvalue weighted by atomic mass is 35.5. The Morgan fingerprint density at radius 2 is 2.18 bits per heavy atom. The number of amides is 1. The number of nitrogens with two attached hydrogens (primary N) is 1. The second-order valence-electron chi connectivity index (χ2n) is 7.73. The highest BCUT2D eigenvalue weighted by molar-refractivity contribution is 7.10. The third-order valence-corrected chi connectivity index (χ3v) is 6.40. The maximum Gasteiger partial charge on any atom is 0.293 e. The zero-order valence-electron chi connectivity index (χ0n) is 18.4. The molecule has 0 bridgehead atoms. The zero-order chi connectivity index (χ0) is 24.1. The lowest BCUT2D eigenvalue weighted by Crippen LogP contribution is -2.23. The van der Waals surface area contributed by atoms with Crippen LogP contribution in [0, 0.1) is 6.92 Å². The number of para-hydroxylation sites is 1. The first kappa shape index (κ1) is 23.9. The van der Waals surface area contributed by atoms with Gasteiger partial charge in [-0.15, -0.1) is 0 Å². The Bertz CT molecular complexity index is 1230. The Balaban J connectivity index is 1.42. The van der Waals surface area contributed by atoms with Gasteiger partial charge in [0, 0.05) is 13.2 Å². The van der Waals surface area contributed by atoms with Crippen LogP contribution in [0.5, 0.6) is 0 Å². The van der Waals surface area contributed by atoms with Crippen molar-refractivity contribution in [2.75, 3.05) is 23.8 Å². The fraction of sp³-hybridized carbons (Fsp3) is 0.318. The van der Waals surface area contributed by atoms with Gasteiger partial charge in [-0.05, 0) is 49.3 Å². The Kier molecular flexibility index (Phi) is 7.56. The first-order valence-electron chi connectivity index (χ1n) is 10.7. The molecule has 1 saturated heterocycles. The van der Waals surface area contributed by atoms with Crippen molar-refractivity contribution in [3.63, 3.8) is 0 Å². The summed E-state index contributed by atoms with van der Waals surface area (Å²) in [7, 11) is 0. The van der Waals surface area contributed by atoms with Crippen LogP contribution >= 0.6 is 23.1 Å². The van der Waals surface area contributed by atoms with Gasteiger partial charge in [0.2, 0.25) is 5.82 Å². The Hall–Kier alpha value is -3.28. The molecule has 3 aromatic rings. The van der Waals surface area contributed by atoms with Crippen molar-refractivity contribution in [3.05, 3.63) is 62.9 Å². The van der Waals surface area contributed by atoms with Gasteiger partial charge >= 0.3 is 0 Å². The zero-order valence-corrected chi connectivity index (χ0v) is 20.0. The smallest absolute Gasteiger partial charge is 0.293 e. The molecule has 3 heterocycles. The summed E-state index contributed by atoms with van der Waals surface area (Å²) < 4.78 is 8.24. The molecular weight excluding hydrogens is 478 g/mol. The van der Waals surface area contributed by atoms with E-state index in [0.717, 1.165) is 43.0 Å². The molecule has 1 aromatic carbocycles. The number of nitrogens with zero attached hydrogens (tertiary/aromatic N) is 3. The fourth-order valence-electron chi connectivity index (χ4n) is 3.50. The van der Waals surface area contributed by atoms with Crippen LogP contribution in [0.2, 0.25) is 5.02 Å². The van der Waals surface area contributed by atoms with E-state index in [2.05, 4.69) is 30.0 Å². The number of H-pyrrole nitrogens is 1. The number of carbonyl (C=O) groups is 1. The van der Waals surface area contributed by atoms with Gasteiger partial charge < -0.3 is 21.1 Å². The van der Waals surface area contributed by atoms with Crippen molar-refractivity contribution in [1.29, 1.82) is 0 Å². The number of hydrogen-bond acceptors (Lipinski definition) is 8. The van der Waals surface area contributed by atoms with Crippen molar-refractivity contribution in [1.82, 2.24) is 14.3 Å². The first-order valence-corrected chi connectivity index (χ1v) is 11.9. The molecule has 2 aromatic heterocycles. The third kappa shape index (κ3) is 5.61. The molecule has 4 rings (SSSR count). The highest BCUT2D eigenvalue weighted by Crippen LogP contribution is 2.26. The summed E-state index contributed by atoms with van der Waals surface area (Å²) in [4.78, 5) is 37.4. The molecule has 1 unspecified atom stereocenters. The monoisotopic (exact) mass is 501 g/mol. The van der Waals surface area contributed by atoms with Crippen LogP contribution < -0.4 is 21.9 Å². The topological polar surface area (TPSA) is 147 Å². The quantitative estimate of drug-likeness (QED) is 0.273. The molecular formula is C22H24ClN7O3S. The second kappa shape index (κ2) is 10.8. The summed E-state index contributed by atoms with van der Waals surface area (Å²) in [6.07, 6.45) is 5.93. The SMILES string of the molecule is Cc1cccc(Cl)c1NC(=O)c1ncc(Nc2s[nH]c(=O)c2C(N)=NCCC2CCCO2)cn1. The van der Waals surface area contributed by atoms with E-state index in [1.807, 2.05) is 13.0 Å². The van der Waals surface area contributed by atoms with Crippen molar-refractivity contribution in [3.8, 4) is 0 Å². The minimum Gasteiger partial charge on any atom is -0.383 e. The van der Waals surface area contributed by atoms with Gasteiger partial charge in [0.15, 0.2) is 0 Å². The van der Waals surface area contributed by atoms with Gasteiger partial charge in [-0.25, -0.2) is 9.97 Å². The molecule has 1 aliphatic rings. The molecule has 0 spiro atoms. The molecule has 0 saturated carbocycles. The van der Waals surface area contributed by atoms with Crippen LogP contribution in [0.15, 0.2) is 40.4 Å². The molecule has 5 N–H and O–H groups in total. The number of halogens is 1. The number of anilines is 3. The maximum absolute atomic E-state index is 12.5. The first-order chi connectivity index (χ1) is 16.4. The number of ether oxygens (including phenoxy) is 1. The van der Waals surface area contributed by atoms with E-state index in [-0.39, 0.29) is 28.9 Å². The van der Waals surface area contributed by atoms with E-state index in [9.17, 15) is 9.59 Å². The lowest BCUT2D eigenvalue weighted by molar-refractivity contribution is 0.101. The molecule has 1 atom stereocenters. The van der Waals surface area contributed by atoms with E-state index in [4.69, 9.17) is 22.1 Å². The number of nitrogens with one attached hydrogen (secondary N) is 3. The minimum absolute atomic E-state index is 0.0254. The molecule has 1 aliphatic heterocycles. The normalized spacial score (nSPS) is 15.9. The fourth-order valence-corrected chi connectivity index (χ4v) is 4.54. The van der Waals surface area contributed by atoms with Gasteiger partial charge in [-0.1, -0.05) is 23.7 Å². The lowest BCUT2D eigenvalue weighted by atomic mass is 10.2. The predicted octanol–water partition coefficient (Wildman–Crippen LogP) is 3.46. The Morgan fingerprint density at radius 3 is 2.88 bits per heavy atom. The lowest BCUT2D eigenvalue weighted by Gasteiger charge is -2.10. The molecule has 178 valence electrons. The van der Waals surface area contributed by atoms with Crippen LogP contribution in [-0.4, -0.2) is 45.3 Å². The third-order valence-electron chi connectivity index (χ3n) is 5.29. The minimum atomic E-state index is -0.489. The van der Waals surface area contributed by atoms with Crippen LogP contribution in [0.1, 0.15) is 41.0 Å². The van der Waals surface area contributed by atoms with Crippen molar-refractivity contribution in [2.45, 2.75) is 32.3 Å². The van der Waals surface area contributed by atoms with Gasteiger partial charge in [0.05, 0.1) is 34.9 Å². The van der Waals surface area contributed by atoms with Crippen molar-refractivity contribution in [2.24, 2.45) is 10.7 Å². The molecule has 1 fully saturated rings. The average Bonchev–Trinajstić information content (AvgIpc) is 3.46. The van der Waals surface area contributed by atoms with Crippen LogP contribution in [0.4, 0.5) is 16.4 Å². The maximum atomic E-state index is 12.5. The number of benzene rings is 1. The second-order valence-corrected chi connectivity index (χ2v) is 8.96. The summed E-state index contributed by atoms with van der Waals surface area (Å²) in [5.74, 6) is -0.366. The predicted molar refractivity (Wildman–Crippen MR) is 134 cm³/mol. The van der Waals surface area contributed by atoms with Crippen LogP contribution in [-0.2, 0) is 4.74 Å². The summed E-state index contributed by atoms with van der Waals surface area (Å²) in [5, 5.41) is 6.70. The van der Waals surface area contributed by atoms with Gasteiger partial charge in [-0.2, -0.15) is 0 Å². The number of hydrogen-bond donors (Lipinski definition) is 4.